The van der Waals surface area contributed by atoms with Gasteiger partial charge in [0, 0.05) is 6.42 Å². The molecule has 0 saturated carbocycles. The van der Waals surface area contributed by atoms with E-state index in [1.165, 1.54) is 0 Å². The van der Waals surface area contributed by atoms with Crippen LogP contribution >= 0.6 is 0 Å². The van der Waals surface area contributed by atoms with E-state index < -0.39 is 27.3 Å². The molecular weight excluding hydrogens is 372 g/mol. The van der Waals surface area contributed by atoms with E-state index in [1.54, 1.807) is 0 Å². The van der Waals surface area contributed by atoms with Crippen LogP contribution in [0.25, 0.3) is 0 Å². The van der Waals surface area contributed by atoms with Crippen molar-refractivity contribution in [3.8, 4) is 0 Å². The summed E-state index contributed by atoms with van der Waals surface area (Å²) in [5.41, 5.74) is 0. The zero-order valence-electron chi connectivity index (χ0n) is 16.8. The third-order valence-corrected chi connectivity index (χ3v) is 5.38. The molecule has 0 aliphatic carbocycles. The van der Waals surface area contributed by atoms with Crippen molar-refractivity contribution in [3.05, 3.63) is 0 Å². The number of ether oxygens (including phenoxy) is 2. The molecule has 0 spiro atoms. The minimum absolute atomic E-state index is 0.108. The third kappa shape index (κ3) is 14.6. The summed E-state index contributed by atoms with van der Waals surface area (Å²) >= 11 is 0. The fourth-order valence-electron chi connectivity index (χ4n) is 2.57. The summed E-state index contributed by atoms with van der Waals surface area (Å²) in [6, 6.07) is 0. The Kier molecular flexibility index (Phi) is 15.2. The maximum atomic E-state index is 11.9. The molecule has 1 atom stereocenters. The molecule has 0 bridgehead atoms. The first-order chi connectivity index (χ1) is 12.8. The van der Waals surface area contributed by atoms with Crippen LogP contribution in [0, 0.1) is 0 Å². The molecule has 0 radical (unpaired) electrons. The van der Waals surface area contributed by atoms with Gasteiger partial charge in [-0.05, 0) is 19.3 Å². The van der Waals surface area contributed by atoms with Gasteiger partial charge < -0.3 is 9.47 Å². The number of hydrogen-bond acceptors (Lipinski definition) is 6. The molecule has 0 heterocycles. The zero-order chi connectivity index (χ0) is 20.5. The van der Waals surface area contributed by atoms with Gasteiger partial charge in [0.1, 0.15) is 0 Å². The highest BCUT2D eigenvalue weighted by molar-refractivity contribution is 7.87. The number of carbonyl (C=O) groups is 2. The Morgan fingerprint density at radius 1 is 0.815 bits per heavy atom. The normalized spacial score (nSPS) is 12.6. The van der Waals surface area contributed by atoms with Crippen molar-refractivity contribution in [1.82, 2.24) is 0 Å². The van der Waals surface area contributed by atoms with E-state index >= 15 is 0 Å². The van der Waals surface area contributed by atoms with E-state index in [2.05, 4.69) is 13.8 Å². The molecule has 1 unspecified atom stereocenters. The summed E-state index contributed by atoms with van der Waals surface area (Å²) in [7, 11) is -4.63. The summed E-state index contributed by atoms with van der Waals surface area (Å²) in [6.45, 7) is 4.59. The number of unbranched alkanes of at least 4 members (excludes halogenated alkanes) is 8. The zero-order valence-corrected chi connectivity index (χ0v) is 17.6. The Bertz CT molecular complexity index is 502. The molecule has 0 fully saturated rings. The minimum atomic E-state index is -4.63. The topological polar surface area (TPSA) is 107 Å². The van der Waals surface area contributed by atoms with E-state index in [0.29, 0.717) is 6.42 Å². The second-order valence-electron chi connectivity index (χ2n) is 6.76. The van der Waals surface area contributed by atoms with E-state index in [1.807, 2.05) is 0 Å². The van der Waals surface area contributed by atoms with E-state index in [-0.39, 0.29) is 26.1 Å². The standard InChI is InChI=1S/C19H36O7S/c1-3-5-7-9-11-15-25-18(20)14-13-17(27(22,23)24)19(21)26-16-12-10-8-6-4-2/h17H,3-16H2,1-2H3,(H,22,23,24). The average molecular weight is 409 g/mol. The smallest absolute Gasteiger partial charge is 0.326 e. The van der Waals surface area contributed by atoms with Gasteiger partial charge in [0.25, 0.3) is 10.1 Å². The second-order valence-corrected chi connectivity index (χ2v) is 8.36. The van der Waals surface area contributed by atoms with Gasteiger partial charge in [-0.2, -0.15) is 8.42 Å². The molecule has 0 rings (SSSR count). The highest BCUT2D eigenvalue weighted by Gasteiger charge is 2.33. The predicted octanol–water partition coefficient (Wildman–Crippen LogP) is 4.05. The van der Waals surface area contributed by atoms with Crippen LogP contribution in [-0.2, 0) is 29.2 Å². The molecule has 1 N–H and O–H groups in total. The lowest BCUT2D eigenvalue weighted by Gasteiger charge is -2.13. The summed E-state index contributed by atoms with van der Waals surface area (Å²) in [5.74, 6) is -1.59. The summed E-state index contributed by atoms with van der Waals surface area (Å²) in [4.78, 5) is 23.6. The van der Waals surface area contributed by atoms with Gasteiger partial charge in [-0.15, -0.1) is 0 Å². The van der Waals surface area contributed by atoms with E-state index in [9.17, 15) is 22.6 Å². The van der Waals surface area contributed by atoms with E-state index in [4.69, 9.17) is 9.47 Å². The SMILES string of the molecule is CCCCCCCOC(=O)CCC(C(=O)OCCCCCCC)S(=O)(=O)O. The Labute approximate surface area is 163 Å². The van der Waals surface area contributed by atoms with E-state index in [0.717, 1.165) is 57.8 Å². The first-order valence-electron chi connectivity index (χ1n) is 10.1. The first-order valence-corrected chi connectivity index (χ1v) is 11.6. The number of carbonyl (C=O) groups excluding carboxylic acids is 2. The summed E-state index contributed by atoms with van der Waals surface area (Å²) in [5, 5.41) is -1.75. The van der Waals surface area contributed by atoms with Crippen LogP contribution in [0.2, 0.25) is 0 Å². The van der Waals surface area contributed by atoms with Crippen LogP contribution in [-0.4, -0.2) is 43.4 Å². The highest BCUT2D eigenvalue weighted by Crippen LogP contribution is 2.12. The van der Waals surface area contributed by atoms with Crippen LogP contribution < -0.4 is 0 Å². The average Bonchev–Trinajstić information content (AvgIpc) is 2.60. The molecule has 7 nitrogen and oxygen atoms in total. The molecule has 0 amide bonds. The van der Waals surface area contributed by atoms with Crippen LogP contribution in [0.3, 0.4) is 0 Å². The van der Waals surface area contributed by atoms with Crippen LogP contribution in [0.15, 0.2) is 0 Å². The molecule has 0 aromatic rings. The number of esters is 2. The second kappa shape index (κ2) is 15.9. The van der Waals surface area contributed by atoms with Gasteiger partial charge in [-0.1, -0.05) is 65.2 Å². The maximum Gasteiger partial charge on any atom is 0.326 e. The quantitative estimate of drug-likeness (QED) is 0.220. The van der Waals surface area contributed by atoms with Crippen molar-refractivity contribution in [2.45, 2.75) is 96.1 Å². The monoisotopic (exact) mass is 408 g/mol. The fraction of sp³-hybridized carbons (Fsp3) is 0.895. The van der Waals surface area contributed by atoms with Crippen LogP contribution in [0.4, 0.5) is 0 Å². The van der Waals surface area contributed by atoms with Crippen LogP contribution in [0.5, 0.6) is 0 Å². The lowest BCUT2D eigenvalue weighted by molar-refractivity contribution is -0.145. The number of hydrogen-bond donors (Lipinski definition) is 1. The summed E-state index contributed by atoms with van der Waals surface area (Å²) in [6.07, 6.45) is 9.24. The van der Waals surface area contributed by atoms with Crippen molar-refractivity contribution in [3.63, 3.8) is 0 Å². The Hall–Kier alpha value is -1.15. The highest BCUT2D eigenvalue weighted by atomic mass is 32.2. The van der Waals surface area contributed by atoms with Gasteiger partial charge in [0.2, 0.25) is 0 Å². The van der Waals surface area contributed by atoms with Crippen LogP contribution in [0.1, 0.15) is 90.9 Å². The Morgan fingerprint density at radius 3 is 1.78 bits per heavy atom. The van der Waals surface area contributed by atoms with Crippen molar-refractivity contribution in [2.75, 3.05) is 13.2 Å². The lowest BCUT2D eigenvalue weighted by atomic mass is 10.2. The van der Waals surface area contributed by atoms with Crippen molar-refractivity contribution >= 4 is 22.1 Å². The largest absolute Gasteiger partial charge is 0.466 e. The predicted molar refractivity (Wildman–Crippen MR) is 104 cm³/mol. The Balaban J connectivity index is 4.15. The fourth-order valence-corrected chi connectivity index (χ4v) is 3.30. The first kappa shape index (κ1) is 25.9. The van der Waals surface area contributed by atoms with Gasteiger partial charge >= 0.3 is 11.9 Å². The van der Waals surface area contributed by atoms with Gasteiger partial charge in [0.05, 0.1) is 13.2 Å². The third-order valence-electron chi connectivity index (χ3n) is 4.24. The van der Waals surface area contributed by atoms with Gasteiger partial charge in [0.15, 0.2) is 5.25 Å². The molecular formula is C19H36O7S. The molecule has 0 aliphatic rings. The van der Waals surface area contributed by atoms with Crippen molar-refractivity contribution in [1.29, 1.82) is 0 Å². The molecule has 160 valence electrons. The molecule has 0 aromatic heterocycles. The molecule has 0 aliphatic heterocycles. The molecule has 0 aromatic carbocycles. The Morgan fingerprint density at radius 2 is 1.30 bits per heavy atom. The lowest BCUT2D eigenvalue weighted by Crippen LogP contribution is -2.32. The molecule has 8 heteroatoms. The van der Waals surface area contributed by atoms with Gasteiger partial charge in [-0.25, -0.2) is 0 Å². The number of rotatable bonds is 17. The minimum Gasteiger partial charge on any atom is -0.466 e. The molecule has 0 saturated heterocycles. The summed E-state index contributed by atoms with van der Waals surface area (Å²) < 4.78 is 42.1. The van der Waals surface area contributed by atoms with Gasteiger partial charge in [-0.3, -0.25) is 14.1 Å². The van der Waals surface area contributed by atoms with Crippen molar-refractivity contribution < 1.29 is 32.0 Å². The molecule has 27 heavy (non-hydrogen) atoms. The van der Waals surface area contributed by atoms with Crippen molar-refractivity contribution in [2.24, 2.45) is 0 Å². The maximum absolute atomic E-state index is 11.9.